The molecule has 0 saturated heterocycles. The number of hydrogen-bond acceptors (Lipinski definition) is 4. The predicted octanol–water partition coefficient (Wildman–Crippen LogP) is 3.59. The minimum atomic E-state index is 0.604. The molecule has 0 amide bonds. The average Bonchev–Trinajstić information content (AvgIpc) is 2.40. The van der Waals surface area contributed by atoms with Gasteiger partial charge in [0, 0.05) is 6.54 Å². The molecule has 0 saturated carbocycles. The fourth-order valence-corrected chi connectivity index (χ4v) is 2.60. The summed E-state index contributed by atoms with van der Waals surface area (Å²) in [5.41, 5.74) is 1.08. The first-order valence-corrected chi connectivity index (χ1v) is 7.97. The van der Waals surface area contributed by atoms with Crippen molar-refractivity contribution in [3.8, 4) is 11.5 Å². The average molecular weight is 304 g/mol. The molecule has 1 aromatic rings. The highest BCUT2D eigenvalue weighted by Gasteiger charge is 2.11. The third-order valence-corrected chi connectivity index (χ3v) is 3.82. The molecule has 19 heavy (non-hydrogen) atoms. The summed E-state index contributed by atoms with van der Waals surface area (Å²) < 4.78 is 11.1. The molecular formula is C14H22ClNO2S. The smallest absolute Gasteiger partial charge is 0.179 e. The first-order valence-electron chi connectivity index (χ1n) is 6.44. The van der Waals surface area contributed by atoms with Gasteiger partial charge in [-0.25, -0.2) is 0 Å². The molecule has 0 atom stereocenters. The molecule has 0 aliphatic rings. The van der Waals surface area contributed by atoms with Crippen LogP contribution in [-0.4, -0.2) is 32.3 Å². The molecule has 108 valence electrons. The summed E-state index contributed by atoms with van der Waals surface area (Å²) in [6, 6.07) is 3.87. The molecule has 0 radical (unpaired) electrons. The van der Waals surface area contributed by atoms with Gasteiger partial charge in [-0.2, -0.15) is 11.8 Å². The van der Waals surface area contributed by atoms with Crippen LogP contribution in [0.3, 0.4) is 0 Å². The number of hydrogen-bond donors (Lipinski definition) is 1. The second kappa shape index (κ2) is 9.34. The van der Waals surface area contributed by atoms with E-state index in [0.717, 1.165) is 30.0 Å². The van der Waals surface area contributed by atoms with Crippen molar-refractivity contribution in [2.45, 2.75) is 19.9 Å². The van der Waals surface area contributed by atoms with Gasteiger partial charge in [0.1, 0.15) is 0 Å². The second-order valence-electron chi connectivity index (χ2n) is 4.04. The summed E-state index contributed by atoms with van der Waals surface area (Å²) >= 11 is 8.17. The molecular weight excluding hydrogens is 282 g/mol. The van der Waals surface area contributed by atoms with Crippen molar-refractivity contribution in [3.63, 3.8) is 0 Å². The Kier molecular flexibility index (Phi) is 8.10. The van der Waals surface area contributed by atoms with Crippen molar-refractivity contribution < 1.29 is 9.47 Å². The molecule has 1 rings (SSSR count). The molecule has 0 aromatic heterocycles. The van der Waals surface area contributed by atoms with Gasteiger partial charge in [0.15, 0.2) is 11.5 Å². The zero-order chi connectivity index (χ0) is 14.1. The van der Waals surface area contributed by atoms with Gasteiger partial charge in [0.2, 0.25) is 0 Å². The molecule has 0 spiro atoms. The first-order chi connectivity index (χ1) is 9.22. The Labute approximate surface area is 125 Å². The molecule has 0 aliphatic carbocycles. The highest BCUT2D eigenvalue weighted by molar-refractivity contribution is 7.99. The van der Waals surface area contributed by atoms with Gasteiger partial charge in [-0.05, 0) is 42.7 Å². The van der Waals surface area contributed by atoms with E-state index in [1.807, 2.05) is 30.9 Å². The largest absolute Gasteiger partial charge is 0.493 e. The number of methoxy groups -OCH3 is 1. The predicted molar refractivity (Wildman–Crippen MR) is 83.9 cm³/mol. The quantitative estimate of drug-likeness (QED) is 0.706. The van der Waals surface area contributed by atoms with Crippen LogP contribution >= 0.6 is 23.4 Å². The summed E-state index contributed by atoms with van der Waals surface area (Å²) in [4.78, 5) is 0. The van der Waals surface area contributed by atoms with E-state index in [2.05, 4.69) is 12.2 Å². The number of thioether (sulfide) groups is 1. The lowest BCUT2D eigenvalue weighted by Crippen LogP contribution is -2.06. The van der Waals surface area contributed by atoms with Crippen molar-refractivity contribution in [2.75, 3.05) is 32.3 Å². The Hall–Kier alpha value is -0.580. The van der Waals surface area contributed by atoms with E-state index in [0.29, 0.717) is 23.1 Å². The molecule has 3 nitrogen and oxygen atoms in total. The maximum absolute atomic E-state index is 6.25. The maximum Gasteiger partial charge on any atom is 0.179 e. The number of halogens is 1. The van der Waals surface area contributed by atoms with Crippen LogP contribution in [0.2, 0.25) is 5.02 Å². The molecule has 0 heterocycles. The second-order valence-corrected chi connectivity index (χ2v) is 5.84. The molecule has 0 unspecified atom stereocenters. The minimum absolute atomic E-state index is 0.604. The number of nitrogens with one attached hydrogen (secondary N) is 1. The fraction of sp³-hybridized carbons (Fsp3) is 0.571. The van der Waals surface area contributed by atoms with E-state index in [1.165, 1.54) is 0 Å². The van der Waals surface area contributed by atoms with Crippen LogP contribution in [0.15, 0.2) is 12.1 Å². The van der Waals surface area contributed by atoms with Gasteiger partial charge in [0.05, 0.1) is 18.7 Å². The highest BCUT2D eigenvalue weighted by atomic mass is 35.5. The number of rotatable bonds is 9. The van der Waals surface area contributed by atoms with Crippen LogP contribution in [0.4, 0.5) is 0 Å². The number of ether oxygens (including phenoxy) is 2. The van der Waals surface area contributed by atoms with E-state index in [4.69, 9.17) is 21.1 Å². The first kappa shape index (κ1) is 16.5. The lowest BCUT2D eigenvalue weighted by Gasteiger charge is -2.14. The van der Waals surface area contributed by atoms with Crippen LogP contribution in [-0.2, 0) is 6.54 Å². The van der Waals surface area contributed by atoms with Crippen LogP contribution in [0.25, 0.3) is 0 Å². The Morgan fingerprint density at radius 2 is 2.16 bits per heavy atom. The maximum atomic E-state index is 6.25. The van der Waals surface area contributed by atoms with Crippen molar-refractivity contribution >= 4 is 23.4 Å². The van der Waals surface area contributed by atoms with Crippen LogP contribution < -0.4 is 14.8 Å². The SMILES string of the molecule is CCSCCCOc1c(Cl)cc(CNC)cc1OC. The van der Waals surface area contributed by atoms with Gasteiger partial charge in [-0.1, -0.05) is 18.5 Å². The van der Waals surface area contributed by atoms with E-state index in [-0.39, 0.29) is 0 Å². The summed E-state index contributed by atoms with van der Waals surface area (Å²) in [5.74, 6) is 3.59. The van der Waals surface area contributed by atoms with E-state index < -0.39 is 0 Å². The molecule has 1 aromatic carbocycles. The van der Waals surface area contributed by atoms with E-state index in [9.17, 15) is 0 Å². The summed E-state index contributed by atoms with van der Waals surface area (Å²) in [6.45, 7) is 3.57. The normalized spacial score (nSPS) is 10.5. The summed E-state index contributed by atoms with van der Waals surface area (Å²) in [7, 11) is 3.53. The Bertz CT molecular complexity index is 388. The molecule has 0 fully saturated rings. The summed E-state index contributed by atoms with van der Waals surface area (Å²) in [6.07, 6.45) is 1.01. The molecule has 1 N–H and O–H groups in total. The van der Waals surface area contributed by atoms with Gasteiger partial charge in [0.25, 0.3) is 0 Å². The zero-order valence-corrected chi connectivity index (χ0v) is 13.4. The van der Waals surface area contributed by atoms with Gasteiger partial charge >= 0.3 is 0 Å². The lowest BCUT2D eigenvalue weighted by molar-refractivity contribution is 0.295. The van der Waals surface area contributed by atoms with Gasteiger partial charge in [-0.15, -0.1) is 0 Å². The van der Waals surface area contributed by atoms with Gasteiger partial charge in [-0.3, -0.25) is 0 Å². The Morgan fingerprint density at radius 1 is 1.37 bits per heavy atom. The van der Waals surface area contributed by atoms with Crippen molar-refractivity contribution in [2.24, 2.45) is 0 Å². The van der Waals surface area contributed by atoms with Crippen molar-refractivity contribution in [3.05, 3.63) is 22.7 Å². The van der Waals surface area contributed by atoms with E-state index >= 15 is 0 Å². The van der Waals surface area contributed by atoms with Crippen LogP contribution in [0, 0.1) is 0 Å². The third-order valence-electron chi connectivity index (χ3n) is 2.55. The molecule has 0 aliphatic heterocycles. The van der Waals surface area contributed by atoms with Crippen LogP contribution in [0.1, 0.15) is 18.9 Å². The lowest BCUT2D eigenvalue weighted by atomic mass is 10.2. The fourth-order valence-electron chi connectivity index (χ4n) is 1.70. The number of benzene rings is 1. The van der Waals surface area contributed by atoms with Crippen LogP contribution in [0.5, 0.6) is 11.5 Å². The van der Waals surface area contributed by atoms with Crippen molar-refractivity contribution in [1.29, 1.82) is 0 Å². The molecule has 0 bridgehead atoms. The summed E-state index contributed by atoms with van der Waals surface area (Å²) in [5, 5.41) is 3.69. The Morgan fingerprint density at radius 3 is 2.79 bits per heavy atom. The topological polar surface area (TPSA) is 30.5 Å². The minimum Gasteiger partial charge on any atom is -0.493 e. The zero-order valence-electron chi connectivity index (χ0n) is 11.8. The highest BCUT2D eigenvalue weighted by Crippen LogP contribution is 2.36. The molecule has 5 heteroatoms. The monoisotopic (exact) mass is 303 g/mol. The van der Waals surface area contributed by atoms with Crippen molar-refractivity contribution in [1.82, 2.24) is 5.32 Å². The Balaban J connectivity index is 2.65. The van der Waals surface area contributed by atoms with Gasteiger partial charge < -0.3 is 14.8 Å². The standard InChI is InChI=1S/C14H22ClNO2S/c1-4-19-7-5-6-18-14-12(15)8-11(10-16-2)9-13(14)17-3/h8-9,16H,4-7,10H2,1-3H3. The van der Waals surface area contributed by atoms with E-state index in [1.54, 1.807) is 7.11 Å². The third kappa shape index (κ3) is 5.51.